The van der Waals surface area contributed by atoms with Crippen molar-refractivity contribution in [3.05, 3.63) is 59.2 Å². The predicted molar refractivity (Wildman–Crippen MR) is 100 cm³/mol. The van der Waals surface area contributed by atoms with Crippen molar-refractivity contribution in [1.82, 2.24) is 4.72 Å². The van der Waals surface area contributed by atoms with Gasteiger partial charge in [-0.25, -0.2) is 13.1 Å². The lowest BCUT2D eigenvalue weighted by Gasteiger charge is -2.22. The molecule has 0 saturated heterocycles. The van der Waals surface area contributed by atoms with Crippen LogP contribution in [0.25, 0.3) is 0 Å². The number of nitrogens with zero attached hydrogens (tertiary/aromatic N) is 1. The molecule has 0 atom stereocenters. The van der Waals surface area contributed by atoms with Gasteiger partial charge in [-0.3, -0.25) is 4.79 Å². The van der Waals surface area contributed by atoms with E-state index in [4.69, 9.17) is 0 Å². The van der Waals surface area contributed by atoms with E-state index >= 15 is 0 Å². The molecule has 0 unspecified atom stereocenters. The Hall–Kier alpha value is -2.18. The SMILES string of the molecule is CC(=O)N(CCNS(=O)(=O)c1ccccc1C)c1ccc(C)c(C)c1. The van der Waals surface area contributed by atoms with E-state index in [0.717, 1.165) is 16.8 Å². The van der Waals surface area contributed by atoms with Crippen LogP contribution in [-0.4, -0.2) is 27.4 Å². The van der Waals surface area contributed by atoms with E-state index in [1.807, 2.05) is 32.0 Å². The van der Waals surface area contributed by atoms with Gasteiger partial charge in [0.15, 0.2) is 0 Å². The fourth-order valence-electron chi connectivity index (χ4n) is 2.59. The molecule has 25 heavy (non-hydrogen) atoms. The molecule has 0 aliphatic heterocycles. The van der Waals surface area contributed by atoms with Gasteiger partial charge in [-0.1, -0.05) is 24.3 Å². The van der Waals surface area contributed by atoms with E-state index in [9.17, 15) is 13.2 Å². The summed E-state index contributed by atoms with van der Waals surface area (Å²) in [6.45, 7) is 7.63. The van der Waals surface area contributed by atoms with Crippen LogP contribution in [-0.2, 0) is 14.8 Å². The molecule has 0 heterocycles. The fraction of sp³-hybridized carbons (Fsp3) is 0.316. The lowest BCUT2D eigenvalue weighted by atomic mass is 10.1. The first-order valence-corrected chi connectivity index (χ1v) is 9.61. The quantitative estimate of drug-likeness (QED) is 0.861. The van der Waals surface area contributed by atoms with Crippen molar-refractivity contribution < 1.29 is 13.2 Å². The van der Waals surface area contributed by atoms with Crippen molar-refractivity contribution >= 4 is 21.6 Å². The molecule has 0 aliphatic carbocycles. The number of aryl methyl sites for hydroxylation is 3. The molecule has 5 nitrogen and oxygen atoms in total. The Morgan fingerprint density at radius 3 is 2.28 bits per heavy atom. The van der Waals surface area contributed by atoms with Gasteiger partial charge in [-0.05, 0) is 55.7 Å². The minimum atomic E-state index is -3.60. The molecule has 1 amide bonds. The second-order valence-corrected chi connectivity index (χ2v) is 7.84. The van der Waals surface area contributed by atoms with Crippen LogP contribution in [0.4, 0.5) is 5.69 Å². The Morgan fingerprint density at radius 1 is 1.00 bits per heavy atom. The molecule has 0 bridgehead atoms. The molecule has 0 spiro atoms. The smallest absolute Gasteiger partial charge is 0.240 e. The Labute approximate surface area is 149 Å². The van der Waals surface area contributed by atoms with Gasteiger partial charge in [0.2, 0.25) is 15.9 Å². The topological polar surface area (TPSA) is 66.5 Å². The minimum absolute atomic E-state index is 0.127. The first-order chi connectivity index (χ1) is 11.7. The largest absolute Gasteiger partial charge is 0.311 e. The van der Waals surface area contributed by atoms with Crippen LogP contribution in [0.1, 0.15) is 23.6 Å². The first kappa shape index (κ1) is 19.1. The van der Waals surface area contributed by atoms with Crippen molar-refractivity contribution in [2.45, 2.75) is 32.6 Å². The Kier molecular flexibility index (Phi) is 5.98. The number of anilines is 1. The summed E-state index contributed by atoms with van der Waals surface area (Å²) in [6, 6.07) is 12.6. The minimum Gasteiger partial charge on any atom is -0.311 e. The van der Waals surface area contributed by atoms with Crippen LogP contribution in [0.2, 0.25) is 0 Å². The summed E-state index contributed by atoms with van der Waals surface area (Å²) >= 11 is 0. The maximum absolute atomic E-state index is 12.4. The van der Waals surface area contributed by atoms with Crippen molar-refractivity contribution in [2.24, 2.45) is 0 Å². The standard InChI is InChI=1S/C19H24N2O3S/c1-14-9-10-18(13-16(14)3)21(17(4)22)12-11-20-25(23,24)19-8-6-5-7-15(19)2/h5-10,13,20H,11-12H2,1-4H3. The second kappa shape index (κ2) is 7.80. The molecule has 0 fully saturated rings. The molecule has 6 heteroatoms. The van der Waals surface area contributed by atoms with Crippen LogP contribution in [0.5, 0.6) is 0 Å². The van der Waals surface area contributed by atoms with E-state index in [-0.39, 0.29) is 23.9 Å². The van der Waals surface area contributed by atoms with Gasteiger partial charge in [-0.15, -0.1) is 0 Å². The van der Waals surface area contributed by atoms with E-state index in [1.54, 1.807) is 36.1 Å². The number of rotatable bonds is 6. The van der Waals surface area contributed by atoms with Crippen LogP contribution in [0, 0.1) is 20.8 Å². The highest BCUT2D eigenvalue weighted by molar-refractivity contribution is 7.89. The van der Waals surface area contributed by atoms with Gasteiger partial charge in [0, 0.05) is 25.7 Å². The number of carbonyl (C=O) groups is 1. The summed E-state index contributed by atoms with van der Waals surface area (Å²) in [7, 11) is -3.60. The van der Waals surface area contributed by atoms with Crippen molar-refractivity contribution in [2.75, 3.05) is 18.0 Å². The van der Waals surface area contributed by atoms with Gasteiger partial charge >= 0.3 is 0 Å². The Bertz CT molecular complexity index is 876. The maximum atomic E-state index is 12.4. The van der Waals surface area contributed by atoms with Gasteiger partial charge in [0.1, 0.15) is 0 Å². The summed E-state index contributed by atoms with van der Waals surface area (Å²) in [5.74, 6) is -0.127. The van der Waals surface area contributed by atoms with Crippen molar-refractivity contribution in [3.63, 3.8) is 0 Å². The van der Waals surface area contributed by atoms with Gasteiger partial charge in [-0.2, -0.15) is 0 Å². The highest BCUT2D eigenvalue weighted by Gasteiger charge is 2.17. The summed E-state index contributed by atoms with van der Waals surface area (Å²) < 4.78 is 27.4. The van der Waals surface area contributed by atoms with Gasteiger partial charge in [0.25, 0.3) is 0 Å². The number of nitrogens with one attached hydrogen (secondary N) is 1. The van der Waals surface area contributed by atoms with Crippen LogP contribution < -0.4 is 9.62 Å². The molecule has 2 rings (SSSR count). The molecule has 134 valence electrons. The highest BCUT2D eigenvalue weighted by Crippen LogP contribution is 2.19. The van der Waals surface area contributed by atoms with E-state index < -0.39 is 10.0 Å². The lowest BCUT2D eigenvalue weighted by molar-refractivity contribution is -0.116. The van der Waals surface area contributed by atoms with Gasteiger partial charge < -0.3 is 4.90 Å². The predicted octanol–water partition coefficient (Wildman–Crippen LogP) is 2.94. The molecule has 2 aromatic rings. The zero-order chi connectivity index (χ0) is 18.6. The number of amides is 1. The third kappa shape index (κ3) is 4.67. The first-order valence-electron chi connectivity index (χ1n) is 8.13. The fourth-order valence-corrected chi connectivity index (χ4v) is 3.85. The Balaban J connectivity index is 2.11. The van der Waals surface area contributed by atoms with Gasteiger partial charge in [0.05, 0.1) is 4.90 Å². The Morgan fingerprint density at radius 2 is 1.68 bits per heavy atom. The molecular formula is C19H24N2O3S. The number of carbonyl (C=O) groups excluding carboxylic acids is 1. The van der Waals surface area contributed by atoms with Crippen LogP contribution in [0.3, 0.4) is 0 Å². The molecule has 2 aromatic carbocycles. The zero-order valence-corrected chi connectivity index (χ0v) is 15.9. The van der Waals surface area contributed by atoms with Crippen molar-refractivity contribution in [3.8, 4) is 0 Å². The number of benzene rings is 2. The number of hydrogen-bond donors (Lipinski definition) is 1. The summed E-state index contributed by atoms with van der Waals surface area (Å²) in [5.41, 5.74) is 3.69. The molecule has 0 saturated carbocycles. The molecule has 0 radical (unpaired) electrons. The summed E-state index contributed by atoms with van der Waals surface area (Å²) in [4.78, 5) is 13.8. The second-order valence-electron chi connectivity index (χ2n) is 6.10. The zero-order valence-electron chi connectivity index (χ0n) is 15.0. The molecular weight excluding hydrogens is 336 g/mol. The molecule has 0 aliphatic rings. The van der Waals surface area contributed by atoms with E-state index in [0.29, 0.717) is 5.56 Å². The lowest BCUT2D eigenvalue weighted by Crippen LogP contribution is -2.37. The number of sulfonamides is 1. The normalized spacial score (nSPS) is 11.4. The molecule has 1 N–H and O–H groups in total. The maximum Gasteiger partial charge on any atom is 0.240 e. The summed E-state index contributed by atoms with van der Waals surface area (Å²) in [6.07, 6.45) is 0. The molecule has 0 aromatic heterocycles. The third-order valence-electron chi connectivity index (χ3n) is 4.19. The average molecular weight is 360 g/mol. The average Bonchev–Trinajstić information content (AvgIpc) is 2.54. The van der Waals surface area contributed by atoms with E-state index in [2.05, 4.69) is 4.72 Å². The number of hydrogen-bond acceptors (Lipinski definition) is 3. The van der Waals surface area contributed by atoms with Crippen LogP contribution in [0.15, 0.2) is 47.4 Å². The summed E-state index contributed by atoms with van der Waals surface area (Å²) in [5, 5.41) is 0. The van der Waals surface area contributed by atoms with E-state index in [1.165, 1.54) is 6.92 Å². The monoisotopic (exact) mass is 360 g/mol. The third-order valence-corrected chi connectivity index (χ3v) is 5.81. The van der Waals surface area contributed by atoms with Crippen molar-refractivity contribution in [1.29, 1.82) is 0 Å². The van der Waals surface area contributed by atoms with Crippen LogP contribution >= 0.6 is 0 Å². The highest BCUT2D eigenvalue weighted by atomic mass is 32.2.